The second-order valence-electron chi connectivity index (χ2n) is 4.99. The van der Waals surface area contributed by atoms with E-state index >= 15 is 0 Å². The van der Waals surface area contributed by atoms with Crippen molar-refractivity contribution in [3.63, 3.8) is 0 Å². The molecule has 0 bridgehead atoms. The van der Waals surface area contributed by atoms with Gasteiger partial charge in [-0.15, -0.1) is 0 Å². The van der Waals surface area contributed by atoms with Gasteiger partial charge in [0.05, 0.1) is 12.6 Å². The summed E-state index contributed by atoms with van der Waals surface area (Å²) in [7, 11) is 4.14. The van der Waals surface area contributed by atoms with Gasteiger partial charge in [0.15, 0.2) is 0 Å². The predicted octanol–water partition coefficient (Wildman–Crippen LogP) is 0.457. The third-order valence-electron chi connectivity index (χ3n) is 3.80. The molecule has 96 valence electrons. The Morgan fingerprint density at radius 1 is 1.29 bits per heavy atom. The van der Waals surface area contributed by atoms with Crippen molar-refractivity contribution >= 4 is 5.97 Å². The van der Waals surface area contributed by atoms with Gasteiger partial charge in [-0.1, -0.05) is 12.2 Å². The van der Waals surface area contributed by atoms with Gasteiger partial charge in [0.2, 0.25) is 0 Å². The van der Waals surface area contributed by atoms with Gasteiger partial charge in [0, 0.05) is 33.2 Å². The van der Waals surface area contributed by atoms with E-state index in [1.807, 2.05) is 6.08 Å². The van der Waals surface area contributed by atoms with E-state index in [1.54, 1.807) is 0 Å². The number of hydrogen-bond donors (Lipinski definition) is 1. The van der Waals surface area contributed by atoms with Crippen LogP contribution in [0.5, 0.6) is 0 Å². The molecule has 2 aliphatic rings. The number of hydrazine groups is 1. The summed E-state index contributed by atoms with van der Waals surface area (Å²) in [5.41, 5.74) is 0. The minimum atomic E-state index is -0.665. The lowest BCUT2D eigenvalue weighted by molar-refractivity contribution is -0.143. The highest BCUT2D eigenvalue weighted by molar-refractivity contribution is 5.70. The van der Waals surface area contributed by atoms with Gasteiger partial charge in [-0.05, 0) is 12.8 Å². The molecule has 17 heavy (non-hydrogen) atoms. The fourth-order valence-electron chi connectivity index (χ4n) is 2.49. The van der Waals surface area contributed by atoms with Crippen molar-refractivity contribution in [2.24, 2.45) is 5.92 Å². The Morgan fingerprint density at radius 3 is 2.71 bits per heavy atom. The topological polar surface area (TPSA) is 47.0 Å². The van der Waals surface area contributed by atoms with Crippen LogP contribution in [0.25, 0.3) is 0 Å². The third kappa shape index (κ3) is 2.86. The summed E-state index contributed by atoms with van der Waals surface area (Å²) in [6, 6.07) is 0.279. The maximum Gasteiger partial charge on any atom is 0.306 e. The maximum atomic E-state index is 11.0. The highest BCUT2D eigenvalue weighted by atomic mass is 16.4. The molecule has 0 spiro atoms. The molecule has 0 aromatic rings. The Balaban J connectivity index is 1.96. The van der Waals surface area contributed by atoms with Gasteiger partial charge >= 0.3 is 5.97 Å². The molecule has 1 aliphatic carbocycles. The lowest BCUT2D eigenvalue weighted by atomic mass is 9.90. The van der Waals surface area contributed by atoms with E-state index in [1.165, 1.54) is 0 Å². The summed E-state index contributed by atoms with van der Waals surface area (Å²) >= 11 is 0. The fourth-order valence-corrected chi connectivity index (χ4v) is 2.49. The van der Waals surface area contributed by atoms with Crippen LogP contribution in [-0.4, -0.2) is 65.9 Å². The van der Waals surface area contributed by atoms with Crippen LogP contribution in [0.3, 0.4) is 0 Å². The normalized spacial score (nSPS) is 32.8. The molecule has 0 aromatic heterocycles. The van der Waals surface area contributed by atoms with Crippen molar-refractivity contribution in [2.75, 3.05) is 33.9 Å². The van der Waals surface area contributed by atoms with E-state index in [-0.39, 0.29) is 12.0 Å². The van der Waals surface area contributed by atoms with Crippen molar-refractivity contribution in [1.29, 1.82) is 0 Å². The first-order valence-electron chi connectivity index (χ1n) is 6.13. The smallest absolute Gasteiger partial charge is 0.306 e. The van der Waals surface area contributed by atoms with E-state index in [4.69, 9.17) is 5.11 Å². The van der Waals surface area contributed by atoms with Gasteiger partial charge in [0.1, 0.15) is 0 Å². The van der Waals surface area contributed by atoms with Crippen molar-refractivity contribution in [2.45, 2.75) is 18.9 Å². The number of rotatable bonds is 2. The molecule has 5 heteroatoms. The monoisotopic (exact) mass is 239 g/mol. The largest absolute Gasteiger partial charge is 0.481 e. The van der Waals surface area contributed by atoms with Crippen LogP contribution >= 0.6 is 0 Å². The van der Waals surface area contributed by atoms with E-state index in [0.717, 1.165) is 26.2 Å². The second-order valence-corrected chi connectivity index (χ2v) is 4.99. The Hall–Kier alpha value is -0.910. The predicted molar refractivity (Wildman–Crippen MR) is 65.3 cm³/mol. The quantitative estimate of drug-likeness (QED) is 0.709. The first kappa shape index (κ1) is 12.5. The molecule has 0 radical (unpaired) electrons. The standard InChI is InChI=1S/C12H21N3O2/c1-13-6-7-15(9-14(13)2)11-5-3-4-10(8-11)12(16)17/h3,5,10-11H,4,6-9H2,1-2H3,(H,16,17). The van der Waals surface area contributed by atoms with Crippen LogP contribution in [0.1, 0.15) is 12.8 Å². The molecule has 2 rings (SSSR count). The number of aliphatic carboxylic acids is 1. The molecule has 0 amide bonds. The Labute approximate surface area is 102 Å². The van der Waals surface area contributed by atoms with E-state index in [0.29, 0.717) is 6.42 Å². The summed E-state index contributed by atoms with van der Waals surface area (Å²) in [6.45, 7) is 2.87. The number of carbonyl (C=O) groups is 1. The van der Waals surface area contributed by atoms with E-state index < -0.39 is 5.97 Å². The number of hydrogen-bond acceptors (Lipinski definition) is 4. The first-order valence-corrected chi connectivity index (χ1v) is 6.13. The second kappa shape index (κ2) is 5.16. The summed E-state index contributed by atoms with van der Waals surface area (Å²) in [4.78, 5) is 13.4. The summed E-state index contributed by atoms with van der Waals surface area (Å²) in [5, 5.41) is 13.4. The van der Waals surface area contributed by atoms with Crippen LogP contribution in [0.4, 0.5) is 0 Å². The molecule has 1 saturated heterocycles. The molecule has 2 unspecified atom stereocenters. The average Bonchev–Trinajstić information content (AvgIpc) is 2.33. The van der Waals surface area contributed by atoms with Crippen LogP contribution < -0.4 is 0 Å². The number of nitrogens with zero attached hydrogens (tertiary/aromatic N) is 3. The van der Waals surface area contributed by atoms with Gasteiger partial charge < -0.3 is 5.11 Å². The summed E-state index contributed by atoms with van der Waals surface area (Å²) in [5.74, 6) is -0.878. The van der Waals surface area contributed by atoms with Crippen LogP contribution in [0, 0.1) is 5.92 Å². The zero-order valence-electron chi connectivity index (χ0n) is 10.5. The van der Waals surface area contributed by atoms with E-state index in [2.05, 4.69) is 35.1 Å². The van der Waals surface area contributed by atoms with Crippen LogP contribution in [0.2, 0.25) is 0 Å². The average molecular weight is 239 g/mol. The maximum absolute atomic E-state index is 11.0. The van der Waals surface area contributed by atoms with Gasteiger partial charge in [-0.2, -0.15) is 0 Å². The van der Waals surface area contributed by atoms with Crippen molar-refractivity contribution in [3.05, 3.63) is 12.2 Å². The molecule has 5 nitrogen and oxygen atoms in total. The van der Waals surface area contributed by atoms with Gasteiger partial charge in [-0.3, -0.25) is 9.69 Å². The molecule has 1 fully saturated rings. The van der Waals surface area contributed by atoms with Crippen molar-refractivity contribution in [1.82, 2.24) is 14.9 Å². The summed E-state index contributed by atoms with van der Waals surface area (Å²) < 4.78 is 0. The first-order chi connectivity index (χ1) is 8.08. The van der Waals surface area contributed by atoms with Gasteiger partial charge in [-0.25, -0.2) is 10.0 Å². The minimum Gasteiger partial charge on any atom is -0.481 e. The summed E-state index contributed by atoms with van der Waals surface area (Å²) in [6.07, 6.45) is 5.60. The Bertz CT molecular complexity index is 319. The highest BCUT2D eigenvalue weighted by Crippen LogP contribution is 2.24. The van der Waals surface area contributed by atoms with E-state index in [9.17, 15) is 4.79 Å². The number of allylic oxidation sites excluding steroid dienone is 1. The molecule has 2 atom stereocenters. The molecule has 1 aliphatic heterocycles. The minimum absolute atomic E-state index is 0.213. The molecular formula is C12H21N3O2. The molecular weight excluding hydrogens is 218 g/mol. The van der Waals surface area contributed by atoms with Crippen LogP contribution in [0.15, 0.2) is 12.2 Å². The van der Waals surface area contributed by atoms with Crippen molar-refractivity contribution < 1.29 is 9.90 Å². The Morgan fingerprint density at radius 2 is 2.06 bits per heavy atom. The lowest BCUT2D eigenvalue weighted by Gasteiger charge is -2.43. The zero-order chi connectivity index (χ0) is 12.4. The highest BCUT2D eigenvalue weighted by Gasteiger charge is 2.30. The lowest BCUT2D eigenvalue weighted by Crippen LogP contribution is -2.56. The number of carboxylic acid groups (broad SMARTS) is 1. The number of carboxylic acids is 1. The fraction of sp³-hybridized carbons (Fsp3) is 0.750. The Kier molecular flexibility index (Phi) is 3.81. The zero-order valence-corrected chi connectivity index (χ0v) is 10.5. The van der Waals surface area contributed by atoms with Crippen molar-refractivity contribution in [3.8, 4) is 0 Å². The molecule has 0 saturated carbocycles. The number of likely N-dealkylation sites (N-methyl/N-ethyl adjacent to an activating group) is 1. The SMILES string of the molecule is CN1CCN(C2C=CCC(C(=O)O)C2)CN1C. The third-order valence-corrected chi connectivity index (χ3v) is 3.80. The molecule has 0 aromatic carbocycles. The molecule has 1 N–H and O–H groups in total. The van der Waals surface area contributed by atoms with Crippen LogP contribution in [-0.2, 0) is 4.79 Å². The van der Waals surface area contributed by atoms with Gasteiger partial charge in [0.25, 0.3) is 0 Å². The molecule has 1 heterocycles.